The Balaban J connectivity index is 1.83. The van der Waals surface area contributed by atoms with Crippen molar-refractivity contribution in [1.82, 2.24) is 9.55 Å². The normalized spacial score (nSPS) is 19.0. The molecule has 120 valence electrons. The quantitative estimate of drug-likeness (QED) is 0.860. The maximum atomic E-state index is 9.23. The van der Waals surface area contributed by atoms with Crippen molar-refractivity contribution in [2.75, 3.05) is 6.79 Å². The van der Waals surface area contributed by atoms with Gasteiger partial charge in [-0.25, -0.2) is 4.98 Å². The van der Waals surface area contributed by atoms with Gasteiger partial charge in [-0.15, -0.1) is 0 Å². The van der Waals surface area contributed by atoms with Crippen LogP contribution in [0.1, 0.15) is 50.8 Å². The first-order valence-corrected chi connectivity index (χ1v) is 8.45. The zero-order chi connectivity index (χ0) is 15.8. The Morgan fingerprint density at radius 3 is 2.74 bits per heavy atom. The number of imidazole rings is 1. The van der Waals surface area contributed by atoms with Gasteiger partial charge in [0.2, 0.25) is 6.79 Å². The van der Waals surface area contributed by atoms with Crippen LogP contribution in [-0.4, -0.2) is 16.3 Å². The number of hydrogen-bond donors (Lipinski definition) is 0. The molecule has 0 N–H and O–H groups in total. The van der Waals surface area contributed by atoms with E-state index in [0.29, 0.717) is 12.5 Å². The second-order valence-corrected chi connectivity index (χ2v) is 6.64. The van der Waals surface area contributed by atoms with Gasteiger partial charge in [0.25, 0.3) is 0 Å². The largest absolute Gasteiger partial charge is 0.454 e. The van der Waals surface area contributed by atoms with E-state index < -0.39 is 0 Å². The lowest BCUT2D eigenvalue weighted by Gasteiger charge is -2.22. The van der Waals surface area contributed by atoms with Crippen molar-refractivity contribution in [3.63, 3.8) is 0 Å². The highest BCUT2D eigenvalue weighted by Crippen LogP contribution is 2.39. The second kappa shape index (κ2) is 5.77. The van der Waals surface area contributed by atoms with Crippen LogP contribution >= 0.6 is 0 Å². The number of benzene rings is 1. The number of fused-ring (bicyclic) bond motifs is 2. The Morgan fingerprint density at radius 1 is 1.26 bits per heavy atom. The number of nitriles is 1. The topological polar surface area (TPSA) is 60.1 Å². The van der Waals surface area contributed by atoms with Crippen molar-refractivity contribution in [2.45, 2.75) is 51.5 Å². The molecule has 23 heavy (non-hydrogen) atoms. The molecule has 1 aliphatic heterocycles. The SMILES string of the molecule is CC(C#N)Cn1c(C2CCCCC2)nc2cc3c(cc21)OCO3. The van der Waals surface area contributed by atoms with Gasteiger partial charge in [0.1, 0.15) is 5.82 Å². The average Bonchev–Trinajstić information content (AvgIpc) is 3.18. The minimum atomic E-state index is -0.0415. The molecule has 5 nitrogen and oxygen atoms in total. The maximum Gasteiger partial charge on any atom is 0.231 e. The molecule has 0 spiro atoms. The van der Waals surface area contributed by atoms with Crippen molar-refractivity contribution in [3.05, 3.63) is 18.0 Å². The molecule has 1 saturated carbocycles. The summed E-state index contributed by atoms with van der Waals surface area (Å²) in [6.07, 6.45) is 6.24. The van der Waals surface area contributed by atoms with E-state index in [4.69, 9.17) is 14.5 Å². The predicted molar refractivity (Wildman–Crippen MR) is 86.5 cm³/mol. The monoisotopic (exact) mass is 311 g/mol. The second-order valence-electron chi connectivity index (χ2n) is 6.64. The number of hydrogen-bond acceptors (Lipinski definition) is 4. The van der Waals surface area contributed by atoms with E-state index in [1.807, 2.05) is 19.1 Å². The van der Waals surface area contributed by atoms with Crippen LogP contribution < -0.4 is 9.47 Å². The van der Waals surface area contributed by atoms with Crippen LogP contribution in [-0.2, 0) is 6.54 Å². The van der Waals surface area contributed by atoms with Gasteiger partial charge in [0.15, 0.2) is 11.5 Å². The van der Waals surface area contributed by atoms with Gasteiger partial charge in [-0.3, -0.25) is 0 Å². The molecule has 1 unspecified atom stereocenters. The summed E-state index contributed by atoms with van der Waals surface area (Å²) in [5.41, 5.74) is 2.00. The van der Waals surface area contributed by atoms with E-state index in [-0.39, 0.29) is 12.7 Å². The summed E-state index contributed by atoms with van der Waals surface area (Å²) in [5, 5.41) is 9.23. The number of ether oxygens (including phenoxy) is 2. The van der Waals surface area contributed by atoms with Crippen LogP contribution in [0.4, 0.5) is 0 Å². The van der Waals surface area contributed by atoms with E-state index in [9.17, 15) is 5.26 Å². The molecule has 1 fully saturated rings. The lowest BCUT2D eigenvalue weighted by molar-refractivity contribution is 0.174. The minimum absolute atomic E-state index is 0.0415. The van der Waals surface area contributed by atoms with Gasteiger partial charge >= 0.3 is 0 Å². The van der Waals surface area contributed by atoms with E-state index in [2.05, 4.69) is 10.6 Å². The molecular formula is C18H21N3O2. The fraction of sp³-hybridized carbons (Fsp3) is 0.556. The molecule has 4 rings (SSSR count). The molecule has 0 radical (unpaired) electrons. The third-order valence-corrected chi connectivity index (χ3v) is 4.92. The summed E-state index contributed by atoms with van der Waals surface area (Å²) in [4.78, 5) is 4.92. The Labute approximate surface area is 135 Å². The fourth-order valence-corrected chi connectivity index (χ4v) is 3.71. The zero-order valence-corrected chi connectivity index (χ0v) is 13.4. The summed E-state index contributed by atoms with van der Waals surface area (Å²) >= 11 is 0. The van der Waals surface area contributed by atoms with E-state index in [1.165, 1.54) is 32.1 Å². The molecule has 2 heterocycles. The molecule has 1 aromatic heterocycles. The van der Waals surface area contributed by atoms with E-state index in [1.54, 1.807) is 0 Å². The smallest absolute Gasteiger partial charge is 0.231 e. The molecule has 1 aromatic carbocycles. The first kappa shape index (κ1) is 14.4. The lowest BCUT2D eigenvalue weighted by atomic mass is 9.88. The fourth-order valence-electron chi connectivity index (χ4n) is 3.71. The van der Waals surface area contributed by atoms with Gasteiger partial charge in [-0.2, -0.15) is 5.26 Å². The molecule has 1 atom stereocenters. The van der Waals surface area contributed by atoms with Gasteiger partial charge in [-0.05, 0) is 19.8 Å². The Kier molecular flexibility index (Phi) is 3.60. The summed E-state index contributed by atoms with van der Waals surface area (Å²) < 4.78 is 13.2. The highest BCUT2D eigenvalue weighted by molar-refractivity contribution is 5.81. The Hall–Kier alpha value is -2.22. The van der Waals surface area contributed by atoms with Crippen LogP contribution in [0.25, 0.3) is 11.0 Å². The highest BCUT2D eigenvalue weighted by Gasteiger charge is 2.25. The lowest BCUT2D eigenvalue weighted by Crippen LogP contribution is -2.15. The van der Waals surface area contributed by atoms with Crippen molar-refractivity contribution in [1.29, 1.82) is 5.26 Å². The standard InChI is InChI=1S/C18H21N3O2/c1-12(9-19)10-21-15-8-17-16(22-11-23-17)7-14(15)20-18(21)13-5-3-2-4-6-13/h7-8,12-13H,2-6,10-11H2,1H3. The predicted octanol–water partition coefficient (Wildman–Crippen LogP) is 3.97. The van der Waals surface area contributed by atoms with Crippen LogP contribution in [0.5, 0.6) is 11.5 Å². The third-order valence-electron chi connectivity index (χ3n) is 4.92. The third kappa shape index (κ3) is 2.52. The number of nitrogens with zero attached hydrogens (tertiary/aromatic N) is 3. The van der Waals surface area contributed by atoms with Crippen molar-refractivity contribution < 1.29 is 9.47 Å². The molecular weight excluding hydrogens is 290 g/mol. The minimum Gasteiger partial charge on any atom is -0.454 e. The van der Waals surface area contributed by atoms with Crippen molar-refractivity contribution in [3.8, 4) is 17.6 Å². The molecule has 1 aliphatic carbocycles. The highest BCUT2D eigenvalue weighted by atomic mass is 16.7. The van der Waals surface area contributed by atoms with E-state index in [0.717, 1.165) is 28.4 Å². The van der Waals surface area contributed by atoms with Crippen molar-refractivity contribution in [2.24, 2.45) is 5.92 Å². The Bertz CT molecular complexity index is 769. The Morgan fingerprint density at radius 2 is 2.00 bits per heavy atom. The first-order chi connectivity index (χ1) is 11.3. The molecule has 5 heteroatoms. The molecule has 0 amide bonds. The summed E-state index contributed by atoms with van der Waals surface area (Å²) in [6, 6.07) is 6.33. The number of rotatable bonds is 3. The molecule has 0 saturated heterocycles. The van der Waals surface area contributed by atoms with Gasteiger partial charge in [-0.1, -0.05) is 19.3 Å². The van der Waals surface area contributed by atoms with Crippen LogP contribution in [0.15, 0.2) is 12.1 Å². The average molecular weight is 311 g/mol. The van der Waals surface area contributed by atoms with Crippen LogP contribution in [0, 0.1) is 17.2 Å². The van der Waals surface area contributed by atoms with Crippen LogP contribution in [0.3, 0.4) is 0 Å². The summed E-state index contributed by atoms with van der Waals surface area (Å²) in [6.45, 7) is 2.91. The zero-order valence-electron chi connectivity index (χ0n) is 13.4. The molecule has 0 bridgehead atoms. The molecule has 2 aromatic rings. The number of aromatic nitrogens is 2. The van der Waals surface area contributed by atoms with Gasteiger partial charge in [0, 0.05) is 24.6 Å². The summed E-state index contributed by atoms with van der Waals surface area (Å²) in [5.74, 6) is 3.13. The first-order valence-electron chi connectivity index (χ1n) is 8.45. The summed E-state index contributed by atoms with van der Waals surface area (Å²) in [7, 11) is 0. The van der Waals surface area contributed by atoms with Crippen molar-refractivity contribution >= 4 is 11.0 Å². The van der Waals surface area contributed by atoms with Gasteiger partial charge < -0.3 is 14.0 Å². The molecule has 2 aliphatic rings. The van der Waals surface area contributed by atoms with Gasteiger partial charge in [0.05, 0.1) is 23.0 Å². The van der Waals surface area contributed by atoms with E-state index >= 15 is 0 Å². The maximum absolute atomic E-state index is 9.23. The van der Waals surface area contributed by atoms with Crippen LogP contribution in [0.2, 0.25) is 0 Å².